The van der Waals surface area contributed by atoms with E-state index in [0.717, 1.165) is 12.2 Å². The van der Waals surface area contributed by atoms with Crippen LogP contribution in [-0.2, 0) is 23.0 Å². The number of hydrogen-bond donors (Lipinski definition) is 0. The van der Waals surface area contributed by atoms with Gasteiger partial charge >= 0.3 is 0 Å². The van der Waals surface area contributed by atoms with Crippen LogP contribution in [-0.4, -0.2) is 33.3 Å². The van der Waals surface area contributed by atoms with Gasteiger partial charge in [0.05, 0.1) is 12.5 Å². The van der Waals surface area contributed by atoms with Gasteiger partial charge in [-0.3, -0.25) is 9.48 Å². The monoisotopic (exact) mass is 209 g/mol. The lowest BCUT2D eigenvalue weighted by Gasteiger charge is -2.11. The fourth-order valence-corrected chi connectivity index (χ4v) is 1.92. The zero-order valence-electron chi connectivity index (χ0n) is 9.01. The second kappa shape index (κ2) is 4.10. The van der Waals surface area contributed by atoms with Crippen molar-refractivity contribution in [1.29, 1.82) is 0 Å². The molecule has 0 radical (unpaired) electrons. The molecule has 15 heavy (non-hydrogen) atoms. The van der Waals surface area contributed by atoms with Gasteiger partial charge in [0.1, 0.15) is 17.9 Å². The average molecular weight is 209 g/mol. The van der Waals surface area contributed by atoms with E-state index < -0.39 is 0 Å². The molecular formula is C10H15N3O2. The third-order valence-electron chi connectivity index (χ3n) is 2.93. The molecule has 2 heterocycles. The third-order valence-corrected chi connectivity index (χ3v) is 2.93. The molecule has 0 aliphatic carbocycles. The molecular weight excluding hydrogens is 194 g/mol. The first kappa shape index (κ1) is 10.3. The van der Waals surface area contributed by atoms with Crippen LogP contribution in [0.25, 0.3) is 0 Å². The summed E-state index contributed by atoms with van der Waals surface area (Å²) in [6, 6.07) is 0. The molecule has 0 aromatic carbocycles. The quantitative estimate of drug-likeness (QED) is 0.721. The molecule has 1 aromatic rings. The molecule has 0 N–H and O–H groups in total. The van der Waals surface area contributed by atoms with E-state index in [2.05, 4.69) is 10.1 Å². The smallest absolute Gasteiger partial charge is 0.146 e. The topological polar surface area (TPSA) is 57.0 Å². The lowest BCUT2D eigenvalue weighted by atomic mass is 9.95. The first-order valence-electron chi connectivity index (χ1n) is 5.15. The number of Topliss-reactive ketones (excluding diaryl/α,β-unsaturated/α-hetero) is 1. The molecule has 1 fully saturated rings. The number of aromatic nitrogens is 3. The summed E-state index contributed by atoms with van der Waals surface area (Å²) in [5.74, 6) is 0.955. The second-order valence-electron chi connectivity index (χ2n) is 3.91. The zero-order valence-corrected chi connectivity index (χ0v) is 9.01. The highest BCUT2D eigenvalue weighted by Crippen LogP contribution is 2.22. The summed E-state index contributed by atoms with van der Waals surface area (Å²) in [5.41, 5.74) is 0. The molecule has 1 saturated heterocycles. The molecule has 2 atom stereocenters. The number of hydrogen-bond acceptors (Lipinski definition) is 4. The standard InChI is InChI=1S/C10H15N3O2/c1-7-8(3-4-15-7)9(14)5-10-11-6-12-13(10)2/h6-8H,3-5H2,1-2H3. The van der Waals surface area contributed by atoms with Crippen molar-refractivity contribution < 1.29 is 9.53 Å². The van der Waals surface area contributed by atoms with E-state index in [1.165, 1.54) is 6.33 Å². The maximum absolute atomic E-state index is 11.9. The van der Waals surface area contributed by atoms with Crippen LogP contribution in [0.4, 0.5) is 0 Å². The predicted molar refractivity (Wildman–Crippen MR) is 53.2 cm³/mol. The Morgan fingerprint density at radius 1 is 1.73 bits per heavy atom. The summed E-state index contributed by atoms with van der Waals surface area (Å²) in [7, 11) is 1.80. The van der Waals surface area contributed by atoms with Crippen molar-refractivity contribution in [3.63, 3.8) is 0 Å². The number of aryl methyl sites for hydroxylation is 1. The van der Waals surface area contributed by atoms with Crippen molar-refractivity contribution in [1.82, 2.24) is 14.8 Å². The van der Waals surface area contributed by atoms with Gasteiger partial charge in [0.15, 0.2) is 0 Å². The number of carbonyl (C=O) groups excluding carboxylic acids is 1. The summed E-state index contributed by atoms with van der Waals surface area (Å²) in [4.78, 5) is 16.0. The Balaban J connectivity index is 2.01. The second-order valence-corrected chi connectivity index (χ2v) is 3.91. The van der Waals surface area contributed by atoms with E-state index in [0.29, 0.717) is 13.0 Å². The summed E-state index contributed by atoms with van der Waals surface area (Å²) in [6.45, 7) is 2.64. The van der Waals surface area contributed by atoms with Gasteiger partial charge in [0.25, 0.3) is 0 Å². The van der Waals surface area contributed by atoms with Gasteiger partial charge in [-0.05, 0) is 13.3 Å². The molecule has 82 valence electrons. The maximum atomic E-state index is 11.9. The fourth-order valence-electron chi connectivity index (χ4n) is 1.92. The number of carbonyl (C=O) groups is 1. The van der Waals surface area contributed by atoms with Crippen molar-refractivity contribution in [2.45, 2.75) is 25.9 Å². The van der Waals surface area contributed by atoms with Gasteiger partial charge in [0, 0.05) is 19.6 Å². The highest BCUT2D eigenvalue weighted by Gasteiger charge is 2.30. The molecule has 0 amide bonds. The van der Waals surface area contributed by atoms with E-state index >= 15 is 0 Å². The molecule has 0 spiro atoms. The minimum absolute atomic E-state index is 0.0294. The minimum Gasteiger partial charge on any atom is -0.378 e. The van der Waals surface area contributed by atoms with Crippen LogP contribution in [0.15, 0.2) is 6.33 Å². The normalized spacial score (nSPS) is 25.7. The molecule has 5 nitrogen and oxygen atoms in total. The Labute approximate surface area is 88.4 Å². The van der Waals surface area contributed by atoms with Gasteiger partial charge in [0.2, 0.25) is 0 Å². The Bertz CT molecular complexity index is 361. The van der Waals surface area contributed by atoms with Crippen LogP contribution in [0.2, 0.25) is 0 Å². The Kier molecular flexibility index (Phi) is 2.81. The maximum Gasteiger partial charge on any atom is 0.146 e. The van der Waals surface area contributed by atoms with E-state index in [4.69, 9.17) is 4.74 Å². The fraction of sp³-hybridized carbons (Fsp3) is 0.700. The van der Waals surface area contributed by atoms with Crippen LogP contribution in [0.1, 0.15) is 19.2 Å². The SMILES string of the molecule is CC1OCCC1C(=O)Cc1ncnn1C. The lowest BCUT2D eigenvalue weighted by Crippen LogP contribution is -2.24. The molecule has 0 bridgehead atoms. The van der Waals surface area contributed by atoms with E-state index in [9.17, 15) is 4.79 Å². The highest BCUT2D eigenvalue weighted by molar-refractivity contribution is 5.83. The van der Waals surface area contributed by atoms with E-state index in [1.807, 2.05) is 6.92 Å². The summed E-state index contributed by atoms with van der Waals surface area (Å²) < 4.78 is 7.01. The molecule has 5 heteroatoms. The molecule has 2 rings (SSSR count). The number of ether oxygens (including phenoxy) is 1. The Morgan fingerprint density at radius 2 is 2.53 bits per heavy atom. The van der Waals surface area contributed by atoms with Crippen molar-refractivity contribution in [3.05, 3.63) is 12.2 Å². The van der Waals surface area contributed by atoms with Crippen molar-refractivity contribution in [2.24, 2.45) is 13.0 Å². The molecule has 2 unspecified atom stereocenters. The van der Waals surface area contributed by atoms with Crippen LogP contribution >= 0.6 is 0 Å². The van der Waals surface area contributed by atoms with E-state index in [-0.39, 0.29) is 17.8 Å². The molecule has 1 aromatic heterocycles. The van der Waals surface area contributed by atoms with Crippen LogP contribution < -0.4 is 0 Å². The molecule has 0 saturated carbocycles. The van der Waals surface area contributed by atoms with Gasteiger partial charge < -0.3 is 4.74 Å². The average Bonchev–Trinajstić information content (AvgIpc) is 2.76. The summed E-state index contributed by atoms with van der Waals surface area (Å²) >= 11 is 0. The third kappa shape index (κ3) is 2.07. The first-order chi connectivity index (χ1) is 7.18. The largest absolute Gasteiger partial charge is 0.378 e. The zero-order chi connectivity index (χ0) is 10.8. The van der Waals surface area contributed by atoms with Crippen LogP contribution in [0, 0.1) is 5.92 Å². The summed E-state index contributed by atoms with van der Waals surface area (Å²) in [5, 5.41) is 3.94. The van der Waals surface area contributed by atoms with Gasteiger partial charge in [-0.15, -0.1) is 0 Å². The van der Waals surface area contributed by atoms with Crippen molar-refractivity contribution in [2.75, 3.05) is 6.61 Å². The first-order valence-corrected chi connectivity index (χ1v) is 5.15. The van der Waals surface area contributed by atoms with Crippen molar-refractivity contribution >= 4 is 5.78 Å². The molecule has 1 aliphatic heterocycles. The number of ketones is 1. The summed E-state index contributed by atoms with van der Waals surface area (Å²) in [6.07, 6.45) is 2.70. The lowest BCUT2D eigenvalue weighted by molar-refractivity contribution is -0.123. The van der Waals surface area contributed by atoms with Crippen molar-refractivity contribution in [3.8, 4) is 0 Å². The van der Waals surface area contributed by atoms with Gasteiger partial charge in [-0.1, -0.05) is 0 Å². The van der Waals surface area contributed by atoms with Gasteiger partial charge in [-0.2, -0.15) is 5.10 Å². The Morgan fingerprint density at radius 3 is 3.07 bits per heavy atom. The van der Waals surface area contributed by atoms with Gasteiger partial charge in [-0.25, -0.2) is 4.98 Å². The van der Waals surface area contributed by atoms with Crippen LogP contribution in [0.3, 0.4) is 0 Å². The Hall–Kier alpha value is -1.23. The number of rotatable bonds is 3. The van der Waals surface area contributed by atoms with Crippen LogP contribution in [0.5, 0.6) is 0 Å². The highest BCUT2D eigenvalue weighted by atomic mass is 16.5. The molecule has 1 aliphatic rings. The minimum atomic E-state index is 0.0294. The predicted octanol–water partition coefficient (Wildman–Crippen LogP) is 0.352. The number of nitrogens with zero attached hydrogens (tertiary/aromatic N) is 3. The van der Waals surface area contributed by atoms with E-state index in [1.54, 1.807) is 11.7 Å².